The van der Waals surface area contributed by atoms with E-state index in [2.05, 4.69) is 27.8 Å². The van der Waals surface area contributed by atoms with Crippen molar-refractivity contribution in [1.82, 2.24) is 15.6 Å². The highest BCUT2D eigenvalue weighted by atomic mass is 16.3. The molecule has 4 rings (SSSR count). The SMILES string of the molecule is Cc1ncccc1C1=CCC(C2=C(Cc3ccccc3)C(=O)NC(O)N2)CC1. The molecule has 28 heavy (non-hydrogen) atoms. The van der Waals surface area contributed by atoms with Crippen molar-refractivity contribution in [1.29, 1.82) is 0 Å². The van der Waals surface area contributed by atoms with Crippen LogP contribution in [0.2, 0.25) is 0 Å². The van der Waals surface area contributed by atoms with Gasteiger partial charge in [0, 0.05) is 35.5 Å². The van der Waals surface area contributed by atoms with Crippen LogP contribution in [0.15, 0.2) is 66.0 Å². The number of rotatable bonds is 4. The van der Waals surface area contributed by atoms with E-state index in [1.807, 2.05) is 49.5 Å². The summed E-state index contributed by atoms with van der Waals surface area (Å²) in [5.74, 6) is 0.00289. The van der Waals surface area contributed by atoms with E-state index in [1.165, 1.54) is 11.1 Å². The molecular formula is C23H25N3O2. The van der Waals surface area contributed by atoms with Gasteiger partial charge in [0.2, 0.25) is 6.35 Å². The summed E-state index contributed by atoms with van der Waals surface area (Å²) in [6, 6.07) is 14.0. The molecule has 0 bridgehead atoms. The van der Waals surface area contributed by atoms with Gasteiger partial charge < -0.3 is 15.7 Å². The van der Waals surface area contributed by atoms with Gasteiger partial charge in [0.1, 0.15) is 0 Å². The lowest BCUT2D eigenvalue weighted by molar-refractivity contribution is -0.122. The Morgan fingerprint density at radius 1 is 1.14 bits per heavy atom. The van der Waals surface area contributed by atoms with Crippen molar-refractivity contribution >= 4 is 11.5 Å². The van der Waals surface area contributed by atoms with Crippen molar-refractivity contribution in [2.24, 2.45) is 5.92 Å². The molecule has 0 fully saturated rings. The molecule has 0 radical (unpaired) electrons. The standard InChI is InChI=1S/C23H25N3O2/c1-15-19(8-5-13-24-15)17-9-11-18(12-10-17)21-20(22(27)26-23(28)25-21)14-16-6-3-2-4-7-16/h2-9,13,18,23,25,28H,10-12,14H2,1H3,(H,26,27). The van der Waals surface area contributed by atoms with E-state index in [9.17, 15) is 9.90 Å². The van der Waals surface area contributed by atoms with Gasteiger partial charge in [-0.3, -0.25) is 9.78 Å². The third kappa shape index (κ3) is 3.85. The fraction of sp³-hybridized carbons (Fsp3) is 0.304. The van der Waals surface area contributed by atoms with E-state index in [-0.39, 0.29) is 11.8 Å². The maximum Gasteiger partial charge on any atom is 0.252 e. The molecule has 2 aromatic rings. The molecule has 1 aromatic carbocycles. The Labute approximate surface area is 165 Å². The van der Waals surface area contributed by atoms with Crippen LogP contribution in [0.1, 0.15) is 36.1 Å². The molecule has 1 amide bonds. The molecule has 0 saturated carbocycles. The molecule has 0 saturated heterocycles. The number of benzene rings is 1. The molecule has 1 aliphatic carbocycles. The zero-order chi connectivity index (χ0) is 19.5. The Bertz CT molecular complexity index is 934. The maximum absolute atomic E-state index is 12.6. The molecule has 2 heterocycles. The molecule has 1 aliphatic heterocycles. The fourth-order valence-electron chi connectivity index (χ4n) is 4.11. The highest BCUT2D eigenvalue weighted by Crippen LogP contribution is 2.36. The number of amides is 1. The zero-order valence-corrected chi connectivity index (χ0v) is 16.0. The van der Waals surface area contributed by atoms with E-state index in [1.54, 1.807) is 0 Å². The number of nitrogens with zero attached hydrogens (tertiary/aromatic N) is 1. The number of hydrogen-bond acceptors (Lipinski definition) is 4. The number of nitrogens with one attached hydrogen (secondary N) is 2. The second-order valence-corrected chi connectivity index (χ2v) is 7.41. The van der Waals surface area contributed by atoms with Crippen LogP contribution >= 0.6 is 0 Å². The Morgan fingerprint density at radius 3 is 2.68 bits per heavy atom. The molecule has 2 atom stereocenters. The number of aliphatic hydroxyl groups excluding tert-OH is 1. The van der Waals surface area contributed by atoms with Gasteiger partial charge in [0.15, 0.2) is 0 Å². The third-order valence-corrected chi connectivity index (χ3v) is 5.56. The summed E-state index contributed by atoms with van der Waals surface area (Å²) in [6.45, 7) is 2.03. The predicted molar refractivity (Wildman–Crippen MR) is 109 cm³/mol. The zero-order valence-electron chi connectivity index (χ0n) is 16.0. The molecule has 5 nitrogen and oxygen atoms in total. The van der Waals surface area contributed by atoms with Crippen molar-refractivity contribution in [3.63, 3.8) is 0 Å². The van der Waals surface area contributed by atoms with Gasteiger partial charge in [-0.05, 0) is 49.0 Å². The second-order valence-electron chi connectivity index (χ2n) is 7.41. The van der Waals surface area contributed by atoms with Crippen molar-refractivity contribution in [3.05, 3.63) is 82.8 Å². The smallest absolute Gasteiger partial charge is 0.252 e. The number of carbonyl (C=O) groups is 1. The first kappa shape index (κ1) is 18.4. The number of carbonyl (C=O) groups excluding carboxylic acids is 1. The largest absolute Gasteiger partial charge is 0.356 e. The Morgan fingerprint density at radius 2 is 1.96 bits per heavy atom. The number of aryl methyl sites for hydroxylation is 1. The average molecular weight is 375 g/mol. The highest BCUT2D eigenvalue weighted by molar-refractivity contribution is 5.95. The molecule has 2 unspecified atom stereocenters. The van der Waals surface area contributed by atoms with Gasteiger partial charge in [-0.25, -0.2) is 0 Å². The minimum atomic E-state index is -1.03. The summed E-state index contributed by atoms with van der Waals surface area (Å²) in [4.78, 5) is 17.0. The topological polar surface area (TPSA) is 74.2 Å². The lowest BCUT2D eigenvalue weighted by Gasteiger charge is -2.33. The minimum absolute atomic E-state index is 0.192. The quantitative estimate of drug-likeness (QED) is 0.768. The van der Waals surface area contributed by atoms with Crippen LogP contribution in [0.3, 0.4) is 0 Å². The van der Waals surface area contributed by atoms with Gasteiger partial charge in [0.05, 0.1) is 0 Å². The third-order valence-electron chi connectivity index (χ3n) is 5.56. The van der Waals surface area contributed by atoms with E-state index >= 15 is 0 Å². The van der Waals surface area contributed by atoms with Crippen LogP contribution in [0.25, 0.3) is 5.57 Å². The van der Waals surface area contributed by atoms with E-state index < -0.39 is 6.35 Å². The number of aliphatic hydroxyl groups is 1. The van der Waals surface area contributed by atoms with Crippen LogP contribution in [0.4, 0.5) is 0 Å². The average Bonchev–Trinajstić information content (AvgIpc) is 2.71. The first-order chi connectivity index (χ1) is 13.6. The van der Waals surface area contributed by atoms with Crippen molar-refractivity contribution < 1.29 is 9.90 Å². The summed E-state index contributed by atoms with van der Waals surface area (Å²) in [7, 11) is 0. The first-order valence-corrected chi connectivity index (χ1v) is 9.75. The Kier molecular flexibility index (Phi) is 5.26. The van der Waals surface area contributed by atoms with Gasteiger partial charge in [-0.1, -0.05) is 42.5 Å². The molecule has 3 N–H and O–H groups in total. The predicted octanol–water partition coefficient (Wildman–Crippen LogP) is 3.07. The van der Waals surface area contributed by atoms with Crippen LogP contribution in [-0.2, 0) is 11.2 Å². The van der Waals surface area contributed by atoms with Gasteiger partial charge in [-0.2, -0.15) is 0 Å². The normalized spacial score (nSPS) is 22.4. The van der Waals surface area contributed by atoms with Crippen LogP contribution < -0.4 is 10.6 Å². The Hall–Kier alpha value is -2.92. The number of pyridine rings is 1. The van der Waals surface area contributed by atoms with Crippen LogP contribution in [0.5, 0.6) is 0 Å². The van der Waals surface area contributed by atoms with Crippen LogP contribution in [0, 0.1) is 12.8 Å². The molecule has 5 heteroatoms. The van der Waals surface area contributed by atoms with Gasteiger partial charge in [-0.15, -0.1) is 0 Å². The fourth-order valence-corrected chi connectivity index (χ4v) is 4.11. The summed E-state index contributed by atoms with van der Waals surface area (Å²) in [5, 5.41) is 15.7. The van der Waals surface area contributed by atoms with Crippen molar-refractivity contribution in [3.8, 4) is 0 Å². The van der Waals surface area contributed by atoms with E-state index in [0.29, 0.717) is 6.42 Å². The van der Waals surface area contributed by atoms with Crippen LogP contribution in [-0.4, -0.2) is 22.3 Å². The number of hydrogen-bond donors (Lipinski definition) is 3. The highest BCUT2D eigenvalue weighted by Gasteiger charge is 2.30. The summed E-state index contributed by atoms with van der Waals surface area (Å²) < 4.78 is 0. The van der Waals surface area contributed by atoms with Crippen molar-refractivity contribution in [2.75, 3.05) is 0 Å². The first-order valence-electron chi connectivity index (χ1n) is 9.75. The summed E-state index contributed by atoms with van der Waals surface area (Å²) >= 11 is 0. The molecular weight excluding hydrogens is 350 g/mol. The maximum atomic E-state index is 12.6. The monoisotopic (exact) mass is 375 g/mol. The number of aromatic nitrogens is 1. The summed E-state index contributed by atoms with van der Waals surface area (Å²) in [5.41, 5.74) is 6.24. The van der Waals surface area contributed by atoms with Crippen molar-refractivity contribution in [2.45, 2.75) is 39.0 Å². The number of allylic oxidation sites excluding steroid dienone is 3. The Balaban J connectivity index is 1.61. The van der Waals surface area contributed by atoms with Gasteiger partial charge in [0.25, 0.3) is 5.91 Å². The second kappa shape index (κ2) is 7.98. The molecule has 1 aromatic heterocycles. The van der Waals surface area contributed by atoms with E-state index in [0.717, 1.165) is 41.8 Å². The molecule has 144 valence electrons. The molecule has 0 spiro atoms. The molecule has 2 aliphatic rings. The van der Waals surface area contributed by atoms with E-state index in [4.69, 9.17) is 0 Å². The van der Waals surface area contributed by atoms with Gasteiger partial charge >= 0.3 is 0 Å². The lowest BCUT2D eigenvalue weighted by Crippen LogP contribution is -2.52. The summed E-state index contributed by atoms with van der Waals surface area (Å²) in [6.07, 6.45) is 6.29. The minimum Gasteiger partial charge on any atom is -0.356 e. The lowest BCUT2D eigenvalue weighted by atomic mass is 9.82.